The Morgan fingerprint density at radius 3 is 2.36 bits per heavy atom. The van der Waals surface area contributed by atoms with E-state index in [1.54, 1.807) is 12.3 Å². The van der Waals surface area contributed by atoms with Gasteiger partial charge < -0.3 is 0 Å². The van der Waals surface area contributed by atoms with E-state index >= 15 is 0 Å². The molecule has 1 rings (SSSR count). The number of hydrogen-bond acceptors (Lipinski definition) is 6. The number of carbonyl (C=O) groups excluding carboxylic acids is 2. The second-order valence-corrected chi connectivity index (χ2v) is 7.12. The molecule has 7 heteroatoms. The number of rotatable bonds is 2. The summed E-state index contributed by atoms with van der Waals surface area (Å²) in [6, 6.07) is 0. The van der Waals surface area contributed by atoms with Crippen LogP contribution in [0.2, 0.25) is 0 Å². The average Bonchev–Trinajstić information content (AvgIpc) is 2.51. The molecule has 0 N–H and O–H groups in total. The first-order valence-corrected chi connectivity index (χ1v) is 8.02. The Kier molecular flexibility index (Phi) is 5.61. The van der Waals surface area contributed by atoms with Crippen LogP contribution in [0.25, 0.3) is 0 Å². The minimum Gasteiger partial charge on any atom is -0.282 e. The molecule has 0 aromatic rings. The third kappa shape index (κ3) is 4.39. The van der Waals surface area contributed by atoms with Gasteiger partial charge in [0.05, 0.1) is 8.47 Å². The van der Waals surface area contributed by atoms with Crippen LogP contribution in [0.4, 0.5) is 0 Å². The van der Waals surface area contributed by atoms with Crippen molar-refractivity contribution in [3.8, 4) is 0 Å². The van der Waals surface area contributed by atoms with E-state index in [0.29, 0.717) is 0 Å². The van der Waals surface area contributed by atoms with Crippen molar-refractivity contribution in [3.05, 3.63) is 20.6 Å². The maximum atomic E-state index is 11.0. The van der Waals surface area contributed by atoms with E-state index < -0.39 is 0 Å². The molecule has 14 heavy (non-hydrogen) atoms. The van der Waals surface area contributed by atoms with Gasteiger partial charge in [-0.3, -0.25) is 9.59 Å². The summed E-state index contributed by atoms with van der Waals surface area (Å²) in [5.41, 5.74) is 0. The summed E-state index contributed by atoms with van der Waals surface area (Å²) >= 11 is 6.25. The van der Waals surface area contributed by atoms with E-state index in [1.807, 2.05) is 0 Å². The first-order chi connectivity index (χ1) is 6.61. The summed E-state index contributed by atoms with van der Waals surface area (Å²) in [5.74, 6) is 0. The fourth-order valence-electron chi connectivity index (χ4n) is 0.578. The van der Waals surface area contributed by atoms with Crippen LogP contribution in [0.1, 0.15) is 0 Å². The van der Waals surface area contributed by atoms with Gasteiger partial charge in [0.15, 0.2) is 0 Å². The van der Waals surface area contributed by atoms with Crippen molar-refractivity contribution in [1.82, 2.24) is 0 Å². The maximum absolute atomic E-state index is 11.0. The highest BCUT2D eigenvalue weighted by Gasteiger charge is 2.17. The molecule has 1 aliphatic heterocycles. The molecule has 0 aromatic carbocycles. The molecule has 0 unspecified atom stereocenters. The Morgan fingerprint density at radius 2 is 1.86 bits per heavy atom. The van der Waals surface area contributed by atoms with Gasteiger partial charge in [0.2, 0.25) is 10.2 Å². The summed E-state index contributed by atoms with van der Waals surface area (Å²) in [7, 11) is 2.96. The zero-order valence-electron chi connectivity index (χ0n) is 7.05. The van der Waals surface area contributed by atoms with Crippen LogP contribution in [0.3, 0.4) is 0 Å². The zero-order chi connectivity index (χ0) is 10.6. The quantitative estimate of drug-likeness (QED) is 0.476. The van der Waals surface area contributed by atoms with E-state index in [4.69, 9.17) is 0 Å². The van der Waals surface area contributed by atoms with E-state index in [9.17, 15) is 9.59 Å². The SMILES string of the molecule is CSC(=O)/C=C1\SS/C(=C/C(=O)S)S1. The van der Waals surface area contributed by atoms with Crippen LogP contribution in [-0.2, 0) is 9.59 Å². The van der Waals surface area contributed by atoms with Crippen molar-refractivity contribution in [3.63, 3.8) is 0 Å². The average molecular weight is 282 g/mol. The van der Waals surface area contributed by atoms with E-state index in [0.717, 1.165) is 8.47 Å². The fourth-order valence-corrected chi connectivity index (χ4v) is 5.25. The number of thioether (sulfide) groups is 2. The Labute approximate surface area is 104 Å². The highest BCUT2D eigenvalue weighted by Crippen LogP contribution is 2.56. The predicted molar refractivity (Wildman–Crippen MR) is 71.5 cm³/mol. The lowest BCUT2D eigenvalue weighted by Crippen LogP contribution is -1.81. The Bertz CT molecular complexity index is 320. The Balaban J connectivity index is 2.61. The molecule has 1 saturated heterocycles. The van der Waals surface area contributed by atoms with Gasteiger partial charge in [-0.1, -0.05) is 23.5 Å². The van der Waals surface area contributed by atoms with Gasteiger partial charge in [-0.05, 0) is 27.8 Å². The minimum atomic E-state index is -0.266. The molecule has 0 aliphatic carbocycles. The lowest BCUT2D eigenvalue weighted by Gasteiger charge is -1.89. The standard InChI is InChI=1S/C7H6O2S5/c1-11-5(9)3-7-12-6(13-14-7)2-4(8)10/h2-3H,1H3,(H,8,10)/b6-2+,7-3-. The van der Waals surface area contributed by atoms with Crippen LogP contribution < -0.4 is 0 Å². The summed E-state index contributed by atoms with van der Waals surface area (Å²) < 4.78 is 1.78. The Hall–Kier alpha value is 0.570. The van der Waals surface area contributed by atoms with Crippen LogP contribution in [0.15, 0.2) is 20.6 Å². The molecule has 0 spiro atoms. The minimum absolute atomic E-state index is 0.0269. The molecule has 0 bridgehead atoms. The predicted octanol–water partition coefficient (Wildman–Crippen LogP) is 3.14. The van der Waals surface area contributed by atoms with Crippen molar-refractivity contribution < 1.29 is 9.59 Å². The third-order valence-corrected chi connectivity index (χ3v) is 5.98. The van der Waals surface area contributed by atoms with Gasteiger partial charge >= 0.3 is 0 Å². The van der Waals surface area contributed by atoms with Gasteiger partial charge in [-0.15, -0.1) is 12.6 Å². The van der Waals surface area contributed by atoms with Gasteiger partial charge in [0, 0.05) is 12.2 Å². The number of carbonyl (C=O) groups is 2. The first-order valence-electron chi connectivity index (χ1n) is 3.38. The van der Waals surface area contributed by atoms with Crippen molar-refractivity contribution in [1.29, 1.82) is 0 Å². The number of thiol groups is 1. The molecule has 1 fully saturated rings. The van der Waals surface area contributed by atoms with Crippen molar-refractivity contribution in [2.24, 2.45) is 0 Å². The molecule has 0 atom stereocenters. The summed E-state index contributed by atoms with van der Waals surface area (Å²) in [6.07, 6.45) is 4.78. The number of hydrogen-bond donors (Lipinski definition) is 1. The zero-order valence-corrected chi connectivity index (χ0v) is 11.2. The van der Waals surface area contributed by atoms with E-state index in [2.05, 4.69) is 12.6 Å². The topological polar surface area (TPSA) is 34.1 Å². The van der Waals surface area contributed by atoms with Gasteiger partial charge in [0.25, 0.3) is 0 Å². The molecule has 0 saturated carbocycles. The summed E-state index contributed by atoms with van der Waals surface area (Å²) in [4.78, 5) is 21.7. The molecule has 0 amide bonds. The van der Waals surface area contributed by atoms with E-state index in [-0.39, 0.29) is 10.2 Å². The van der Waals surface area contributed by atoms with Crippen molar-refractivity contribution in [2.75, 3.05) is 6.26 Å². The fraction of sp³-hybridized carbons (Fsp3) is 0.143. The Morgan fingerprint density at radius 1 is 1.29 bits per heavy atom. The van der Waals surface area contributed by atoms with Crippen LogP contribution >= 0.6 is 57.7 Å². The molecule has 1 aliphatic rings. The van der Waals surface area contributed by atoms with Gasteiger partial charge in [-0.2, -0.15) is 0 Å². The molecule has 0 aromatic heterocycles. The molecule has 76 valence electrons. The van der Waals surface area contributed by atoms with E-state index in [1.165, 1.54) is 51.2 Å². The van der Waals surface area contributed by atoms with Gasteiger partial charge in [-0.25, -0.2) is 0 Å². The normalized spacial score (nSPS) is 21.9. The monoisotopic (exact) mass is 282 g/mol. The molecule has 0 radical (unpaired) electrons. The smallest absolute Gasteiger partial charge is 0.213 e. The lowest BCUT2D eigenvalue weighted by molar-refractivity contribution is -0.107. The summed E-state index contributed by atoms with van der Waals surface area (Å²) in [5, 5.41) is -0.239. The molecule has 1 heterocycles. The van der Waals surface area contributed by atoms with Crippen molar-refractivity contribution >= 4 is 68.0 Å². The molecular weight excluding hydrogens is 276 g/mol. The summed E-state index contributed by atoms with van der Waals surface area (Å²) in [6.45, 7) is 0. The molecule has 2 nitrogen and oxygen atoms in total. The highest BCUT2D eigenvalue weighted by atomic mass is 33.1. The second-order valence-electron chi connectivity index (χ2n) is 2.06. The second kappa shape index (κ2) is 6.22. The molecular formula is C7H6O2S5. The highest BCUT2D eigenvalue weighted by molar-refractivity contribution is 8.86. The lowest BCUT2D eigenvalue weighted by atomic mass is 10.7. The van der Waals surface area contributed by atoms with Crippen LogP contribution in [0, 0.1) is 0 Å². The maximum Gasteiger partial charge on any atom is 0.213 e. The largest absolute Gasteiger partial charge is 0.282 e. The van der Waals surface area contributed by atoms with Gasteiger partial charge in [0.1, 0.15) is 0 Å². The first kappa shape index (κ1) is 12.6. The van der Waals surface area contributed by atoms with Crippen LogP contribution in [0.5, 0.6) is 0 Å². The third-order valence-electron chi connectivity index (χ3n) is 1.09. The van der Waals surface area contributed by atoms with Crippen LogP contribution in [-0.4, -0.2) is 16.5 Å². The van der Waals surface area contributed by atoms with Crippen molar-refractivity contribution in [2.45, 2.75) is 0 Å².